The summed E-state index contributed by atoms with van der Waals surface area (Å²) in [6.45, 7) is 3.96. The number of carboxylic acid groups (broad SMARTS) is 1. The molecule has 1 aromatic carbocycles. The summed E-state index contributed by atoms with van der Waals surface area (Å²) in [6, 6.07) is 3.23. The quantitative estimate of drug-likeness (QED) is 0.738. The molecule has 0 aliphatic carbocycles. The van der Waals surface area contributed by atoms with Crippen LogP contribution in [0.15, 0.2) is 30.6 Å². The van der Waals surface area contributed by atoms with Crippen molar-refractivity contribution in [3.63, 3.8) is 0 Å². The number of hydrogen-bond donors (Lipinski definition) is 2. The van der Waals surface area contributed by atoms with Crippen molar-refractivity contribution < 1.29 is 18.7 Å². The first-order chi connectivity index (χ1) is 11.9. The molecule has 0 saturated carbocycles. The van der Waals surface area contributed by atoms with Crippen LogP contribution in [0.25, 0.3) is 0 Å². The third-order valence-electron chi connectivity index (χ3n) is 4.54. The number of halogens is 2. The number of carbonyl (C=O) groups is 1. The van der Waals surface area contributed by atoms with E-state index in [1.54, 1.807) is 6.20 Å². The molecule has 0 amide bonds. The molecule has 5 nitrogen and oxygen atoms in total. The maximum atomic E-state index is 13.8. The first-order valence-corrected chi connectivity index (χ1v) is 8.16. The van der Waals surface area contributed by atoms with Gasteiger partial charge in [0, 0.05) is 24.1 Å². The van der Waals surface area contributed by atoms with Crippen LogP contribution in [0.3, 0.4) is 0 Å². The van der Waals surface area contributed by atoms with Crippen molar-refractivity contribution >= 4 is 17.5 Å². The minimum absolute atomic E-state index is 0.0353. The Balaban J connectivity index is 2.30. The van der Waals surface area contributed by atoms with Gasteiger partial charge in [-0.25, -0.2) is 13.8 Å². The molecule has 1 heterocycles. The van der Waals surface area contributed by atoms with E-state index in [9.17, 15) is 13.6 Å². The second-order valence-electron chi connectivity index (χ2n) is 5.92. The Morgan fingerprint density at radius 2 is 1.96 bits per heavy atom. The van der Waals surface area contributed by atoms with Crippen molar-refractivity contribution in [2.75, 3.05) is 5.32 Å². The molecule has 0 atom stereocenters. The van der Waals surface area contributed by atoms with Gasteiger partial charge in [0.05, 0.1) is 17.6 Å². The Morgan fingerprint density at radius 3 is 2.56 bits per heavy atom. The highest BCUT2D eigenvalue weighted by molar-refractivity contribution is 5.66. The topological polar surface area (TPSA) is 75.1 Å². The van der Waals surface area contributed by atoms with Crippen molar-refractivity contribution in [1.82, 2.24) is 9.97 Å². The number of hydrogen-bond acceptors (Lipinski definition) is 4. The van der Waals surface area contributed by atoms with E-state index in [1.165, 1.54) is 12.3 Å². The van der Waals surface area contributed by atoms with Gasteiger partial charge in [-0.15, -0.1) is 0 Å². The standard InChI is InChI=1S/C18H21F2N3O2/c1-3-18(4-2,8-7-17(24)25)15-10-21-11-16(23-15)22-14-6-5-12(19)9-13(14)20/h5-6,9-11H,3-4,7-8H2,1-2H3,(H,22,23)(H,24,25). The number of anilines is 2. The summed E-state index contributed by atoms with van der Waals surface area (Å²) >= 11 is 0. The minimum Gasteiger partial charge on any atom is -0.481 e. The van der Waals surface area contributed by atoms with Crippen LogP contribution in [-0.2, 0) is 10.2 Å². The van der Waals surface area contributed by atoms with Crippen LogP contribution >= 0.6 is 0 Å². The van der Waals surface area contributed by atoms with Gasteiger partial charge in [0.25, 0.3) is 0 Å². The molecule has 2 rings (SSSR count). The molecule has 25 heavy (non-hydrogen) atoms. The lowest BCUT2D eigenvalue weighted by Crippen LogP contribution is -2.27. The van der Waals surface area contributed by atoms with Crippen molar-refractivity contribution in [3.8, 4) is 0 Å². The highest BCUT2D eigenvalue weighted by Crippen LogP contribution is 2.35. The molecular formula is C18H21F2N3O2. The van der Waals surface area contributed by atoms with Crippen LogP contribution in [0.2, 0.25) is 0 Å². The lowest BCUT2D eigenvalue weighted by Gasteiger charge is -2.30. The van der Waals surface area contributed by atoms with Crippen molar-refractivity contribution in [2.24, 2.45) is 0 Å². The second kappa shape index (κ2) is 8.00. The Kier molecular flexibility index (Phi) is 6.01. The van der Waals surface area contributed by atoms with Gasteiger partial charge >= 0.3 is 5.97 Å². The van der Waals surface area contributed by atoms with Crippen LogP contribution in [0.5, 0.6) is 0 Å². The zero-order valence-electron chi connectivity index (χ0n) is 14.2. The van der Waals surface area contributed by atoms with Crippen molar-refractivity contribution in [2.45, 2.75) is 44.9 Å². The van der Waals surface area contributed by atoms with Crippen LogP contribution in [0.1, 0.15) is 45.2 Å². The maximum Gasteiger partial charge on any atom is 0.303 e. The number of nitrogens with zero attached hydrogens (tertiary/aromatic N) is 2. The molecular weight excluding hydrogens is 328 g/mol. The lowest BCUT2D eigenvalue weighted by molar-refractivity contribution is -0.137. The molecule has 0 fully saturated rings. The van der Waals surface area contributed by atoms with Gasteiger partial charge in [-0.1, -0.05) is 13.8 Å². The molecule has 1 aromatic heterocycles. The Bertz CT molecular complexity index is 749. The first kappa shape index (κ1) is 18.8. The van der Waals surface area contributed by atoms with Gasteiger partial charge in [-0.2, -0.15) is 0 Å². The van der Waals surface area contributed by atoms with Crippen LogP contribution in [-0.4, -0.2) is 21.0 Å². The van der Waals surface area contributed by atoms with Gasteiger partial charge in [0.2, 0.25) is 0 Å². The van der Waals surface area contributed by atoms with Crippen molar-refractivity contribution in [1.29, 1.82) is 0 Å². The Morgan fingerprint density at radius 1 is 1.24 bits per heavy atom. The highest BCUT2D eigenvalue weighted by atomic mass is 19.1. The van der Waals surface area contributed by atoms with E-state index in [2.05, 4.69) is 15.3 Å². The zero-order valence-corrected chi connectivity index (χ0v) is 14.2. The third kappa shape index (κ3) is 4.49. The Hall–Kier alpha value is -2.57. The van der Waals surface area contributed by atoms with Crippen LogP contribution in [0, 0.1) is 11.6 Å². The van der Waals surface area contributed by atoms with Crippen molar-refractivity contribution in [3.05, 3.63) is 47.9 Å². The summed E-state index contributed by atoms with van der Waals surface area (Å²) < 4.78 is 26.8. The summed E-state index contributed by atoms with van der Waals surface area (Å²) in [5.74, 6) is -1.92. The summed E-state index contributed by atoms with van der Waals surface area (Å²) in [5.41, 5.74) is 0.341. The SMILES string of the molecule is CCC(CC)(CCC(=O)O)c1cncc(Nc2ccc(F)cc2F)n1. The largest absolute Gasteiger partial charge is 0.481 e. The summed E-state index contributed by atoms with van der Waals surface area (Å²) in [5, 5.41) is 11.8. The maximum absolute atomic E-state index is 13.8. The van der Waals surface area contributed by atoms with Gasteiger partial charge in [0.1, 0.15) is 17.5 Å². The van der Waals surface area contributed by atoms with Gasteiger partial charge in [0.15, 0.2) is 0 Å². The van der Waals surface area contributed by atoms with E-state index < -0.39 is 23.0 Å². The molecule has 0 radical (unpaired) electrons. The third-order valence-corrected chi connectivity index (χ3v) is 4.54. The van der Waals surface area contributed by atoms with Crippen LogP contribution in [0.4, 0.5) is 20.3 Å². The predicted octanol–water partition coefficient (Wildman–Crippen LogP) is 4.42. The van der Waals surface area contributed by atoms with E-state index in [0.29, 0.717) is 30.8 Å². The molecule has 2 aromatic rings. The van der Waals surface area contributed by atoms with Crippen LogP contribution < -0.4 is 5.32 Å². The average Bonchev–Trinajstić information content (AvgIpc) is 2.59. The normalized spacial score (nSPS) is 11.4. The molecule has 7 heteroatoms. The van der Waals surface area contributed by atoms with E-state index in [0.717, 1.165) is 12.1 Å². The second-order valence-corrected chi connectivity index (χ2v) is 5.92. The zero-order chi connectivity index (χ0) is 18.4. The number of aromatic nitrogens is 2. The highest BCUT2D eigenvalue weighted by Gasteiger charge is 2.31. The molecule has 2 N–H and O–H groups in total. The van der Waals surface area contributed by atoms with E-state index in [1.807, 2.05) is 13.8 Å². The first-order valence-electron chi connectivity index (χ1n) is 8.16. The van der Waals surface area contributed by atoms with Gasteiger partial charge < -0.3 is 10.4 Å². The number of carboxylic acids is 1. The number of nitrogens with one attached hydrogen (secondary N) is 1. The van der Waals surface area contributed by atoms with Gasteiger partial charge in [-0.3, -0.25) is 9.78 Å². The minimum atomic E-state index is -0.859. The summed E-state index contributed by atoms with van der Waals surface area (Å²) in [7, 11) is 0. The number of rotatable bonds is 8. The molecule has 0 aliphatic rings. The molecule has 0 unspecified atom stereocenters. The van der Waals surface area contributed by atoms with E-state index >= 15 is 0 Å². The van der Waals surface area contributed by atoms with E-state index in [4.69, 9.17) is 5.11 Å². The number of benzene rings is 1. The molecule has 0 spiro atoms. The fourth-order valence-electron chi connectivity index (χ4n) is 2.85. The lowest BCUT2D eigenvalue weighted by atomic mass is 9.75. The monoisotopic (exact) mass is 349 g/mol. The fraction of sp³-hybridized carbons (Fsp3) is 0.389. The molecule has 134 valence electrons. The predicted molar refractivity (Wildman–Crippen MR) is 90.8 cm³/mol. The number of aliphatic carboxylic acids is 1. The Labute approximate surface area is 145 Å². The molecule has 0 aliphatic heterocycles. The van der Waals surface area contributed by atoms with E-state index in [-0.39, 0.29) is 12.1 Å². The summed E-state index contributed by atoms with van der Waals surface area (Å²) in [4.78, 5) is 19.6. The molecule has 0 saturated heterocycles. The fourth-order valence-corrected chi connectivity index (χ4v) is 2.85. The average molecular weight is 349 g/mol. The molecule has 0 bridgehead atoms. The van der Waals surface area contributed by atoms with Gasteiger partial charge in [-0.05, 0) is 31.4 Å². The summed E-state index contributed by atoms with van der Waals surface area (Å²) in [6.07, 6.45) is 4.95. The smallest absolute Gasteiger partial charge is 0.303 e.